The first kappa shape index (κ1) is 42.4. The fourth-order valence-electron chi connectivity index (χ4n) is 6.59. The minimum absolute atomic E-state index is 0.00618. The molecule has 1 aliphatic rings. The van der Waals surface area contributed by atoms with Crippen molar-refractivity contribution >= 4 is 35.0 Å². The summed E-state index contributed by atoms with van der Waals surface area (Å²) in [4.78, 5) is 58.6. The minimum Gasteiger partial charge on any atom is -0.490 e. The van der Waals surface area contributed by atoms with Crippen LogP contribution < -0.4 is 21.1 Å². The summed E-state index contributed by atoms with van der Waals surface area (Å²) in [5.41, 5.74) is 9.79. The van der Waals surface area contributed by atoms with Crippen molar-refractivity contribution in [2.45, 2.75) is 117 Å². The Morgan fingerprint density at radius 1 is 1.06 bits per heavy atom. The number of hydrogen-bond acceptors (Lipinski definition) is 8. The summed E-state index contributed by atoms with van der Waals surface area (Å²) >= 11 is 1.57. The van der Waals surface area contributed by atoms with Crippen LogP contribution in [0.15, 0.2) is 48.0 Å². The minimum atomic E-state index is -0.916. The maximum atomic E-state index is 15.1. The lowest BCUT2D eigenvalue weighted by molar-refractivity contribution is -0.144. The molecule has 3 aromatic rings. The van der Waals surface area contributed by atoms with Crippen LogP contribution in [0.3, 0.4) is 0 Å². The van der Waals surface area contributed by atoms with Gasteiger partial charge in [0.15, 0.2) is 11.6 Å². The molecule has 5 atom stereocenters. The Labute approximate surface area is 322 Å². The van der Waals surface area contributed by atoms with Gasteiger partial charge in [-0.2, -0.15) is 0 Å². The number of β-amino-alcohol motifs (C(OH)–C–C–N with tert-alkyl or cyclic N) is 1. The van der Waals surface area contributed by atoms with Gasteiger partial charge in [0.05, 0.1) is 34.8 Å². The maximum absolute atomic E-state index is 15.1. The molecular weight excluding hydrogens is 710 g/mol. The van der Waals surface area contributed by atoms with Crippen molar-refractivity contribution < 1.29 is 33.4 Å². The number of nitrogens with two attached hydrogens (primary N) is 1. The van der Waals surface area contributed by atoms with Crippen LogP contribution in [-0.2, 0) is 25.6 Å². The van der Waals surface area contributed by atoms with Crippen LogP contribution in [0.1, 0.15) is 102 Å². The molecule has 4 amide bonds. The number of nitrogens with zero attached hydrogens (tertiary/aromatic N) is 2. The molecule has 1 fully saturated rings. The molecule has 0 radical (unpaired) electrons. The third kappa shape index (κ3) is 11.8. The Bertz CT molecular complexity index is 1740. The van der Waals surface area contributed by atoms with Crippen LogP contribution in [0.25, 0.3) is 10.4 Å². The van der Waals surface area contributed by atoms with Crippen LogP contribution in [0, 0.1) is 24.1 Å². The second-order valence-electron chi connectivity index (χ2n) is 15.6. The molecule has 0 bridgehead atoms. The summed E-state index contributed by atoms with van der Waals surface area (Å²) in [6.45, 7) is 11.6. The number of unbranched alkanes of at least 4 members (excludes halogenated alkanes) is 2. The van der Waals surface area contributed by atoms with Crippen molar-refractivity contribution in [1.82, 2.24) is 20.5 Å². The van der Waals surface area contributed by atoms with Crippen molar-refractivity contribution in [1.29, 1.82) is 0 Å². The van der Waals surface area contributed by atoms with Gasteiger partial charge in [-0.05, 0) is 73.6 Å². The first-order chi connectivity index (χ1) is 25.5. The van der Waals surface area contributed by atoms with E-state index in [4.69, 9.17) is 10.5 Å². The zero-order valence-corrected chi connectivity index (χ0v) is 33.1. The summed E-state index contributed by atoms with van der Waals surface area (Å²) in [5.74, 6) is -1.63. The number of likely N-dealkylation sites (tertiary alicyclic amines) is 1. The molecule has 5 N–H and O–H groups in total. The number of aliphatic hydroxyl groups excluding tert-OH is 1. The number of thiazole rings is 1. The molecule has 1 saturated heterocycles. The number of carbonyl (C=O) groups excluding carboxylic acids is 4. The monoisotopic (exact) mass is 765 g/mol. The fourth-order valence-corrected chi connectivity index (χ4v) is 7.40. The predicted molar refractivity (Wildman–Crippen MR) is 208 cm³/mol. The SMILES string of the molecule is Cc1ncsc1-c1ccc([C@H](C)NC(=O)[C@@H]2C[C@@H](O)CN2C(=O)[C@@H](NC(=O)CCCCCc2cccc(OC[C@@H](C)CCC(N)=O)c2F)C(C)(C)C)cc1. The number of rotatable bonds is 18. The third-order valence-corrected chi connectivity index (χ3v) is 10.8. The van der Waals surface area contributed by atoms with E-state index < -0.39 is 35.3 Å². The zero-order valence-electron chi connectivity index (χ0n) is 32.3. The summed E-state index contributed by atoms with van der Waals surface area (Å²) in [7, 11) is 0. The lowest BCUT2D eigenvalue weighted by Gasteiger charge is -2.35. The van der Waals surface area contributed by atoms with Crippen LogP contribution in [0.2, 0.25) is 0 Å². The van der Waals surface area contributed by atoms with Crippen molar-refractivity contribution in [2.24, 2.45) is 17.1 Å². The summed E-state index contributed by atoms with van der Waals surface area (Å²) < 4.78 is 20.8. The zero-order chi connectivity index (χ0) is 39.6. The van der Waals surface area contributed by atoms with E-state index in [9.17, 15) is 24.3 Å². The van der Waals surface area contributed by atoms with Gasteiger partial charge in [-0.15, -0.1) is 11.3 Å². The molecule has 2 aromatic carbocycles. The van der Waals surface area contributed by atoms with E-state index in [2.05, 4.69) is 15.6 Å². The molecule has 1 aliphatic heterocycles. The number of halogens is 1. The van der Waals surface area contributed by atoms with Gasteiger partial charge in [0, 0.05) is 25.8 Å². The average molecular weight is 766 g/mol. The van der Waals surface area contributed by atoms with Gasteiger partial charge >= 0.3 is 0 Å². The number of nitrogens with one attached hydrogen (secondary N) is 2. The van der Waals surface area contributed by atoms with Crippen LogP contribution in [0.5, 0.6) is 5.75 Å². The van der Waals surface area contributed by atoms with Gasteiger partial charge in [0.25, 0.3) is 0 Å². The number of primary amides is 1. The number of aryl methyl sites for hydroxylation is 2. The van der Waals surface area contributed by atoms with Gasteiger partial charge in [0.2, 0.25) is 23.6 Å². The van der Waals surface area contributed by atoms with Gasteiger partial charge in [-0.3, -0.25) is 19.2 Å². The molecule has 2 heterocycles. The van der Waals surface area contributed by atoms with E-state index >= 15 is 4.39 Å². The first-order valence-electron chi connectivity index (χ1n) is 18.8. The van der Waals surface area contributed by atoms with Crippen LogP contribution in [0.4, 0.5) is 4.39 Å². The van der Waals surface area contributed by atoms with E-state index in [1.165, 1.54) is 4.90 Å². The Morgan fingerprint density at radius 2 is 1.78 bits per heavy atom. The second-order valence-corrected chi connectivity index (χ2v) is 16.4. The second kappa shape index (κ2) is 19.3. The van der Waals surface area contributed by atoms with Crippen molar-refractivity contribution in [3.63, 3.8) is 0 Å². The molecule has 0 saturated carbocycles. The molecular formula is C41H56FN5O6S. The molecule has 0 spiro atoms. The number of amides is 4. The van der Waals surface area contributed by atoms with Crippen molar-refractivity contribution in [3.05, 3.63) is 70.6 Å². The van der Waals surface area contributed by atoms with Gasteiger partial charge < -0.3 is 31.1 Å². The van der Waals surface area contributed by atoms with Crippen molar-refractivity contribution in [3.8, 4) is 16.2 Å². The molecule has 4 rings (SSSR count). The number of aliphatic hydroxyl groups is 1. The lowest BCUT2D eigenvalue weighted by Crippen LogP contribution is -2.57. The predicted octanol–water partition coefficient (Wildman–Crippen LogP) is 6.01. The highest BCUT2D eigenvalue weighted by Gasteiger charge is 2.44. The third-order valence-electron chi connectivity index (χ3n) is 9.86. The molecule has 0 aliphatic carbocycles. The van der Waals surface area contributed by atoms with Gasteiger partial charge in [-0.1, -0.05) is 70.5 Å². The quantitative estimate of drug-likeness (QED) is 0.115. The molecule has 0 unspecified atom stereocenters. The number of ether oxygens (including phenoxy) is 1. The van der Waals surface area contributed by atoms with E-state index in [0.29, 0.717) is 37.7 Å². The topological polar surface area (TPSA) is 164 Å². The summed E-state index contributed by atoms with van der Waals surface area (Å²) in [6, 6.07) is 10.8. The van der Waals surface area contributed by atoms with E-state index in [0.717, 1.165) is 21.7 Å². The summed E-state index contributed by atoms with van der Waals surface area (Å²) in [6.07, 6.45) is 2.58. The lowest BCUT2D eigenvalue weighted by atomic mass is 9.85. The number of hydrogen-bond donors (Lipinski definition) is 4. The Kier molecular flexibility index (Phi) is 15.1. The van der Waals surface area contributed by atoms with E-state index in [1.807, 2.05) is 71.3 Å². The molecule has 294 valence electrons. The highest BCUT2D eigenvalue weighted by Crippen LogP contribution is 2.30. The smallest absolute Gasteiger partial charge is 0.246 e. The molecule has 54 heavy (non-hydrogen) atoms. The number of benzene rings is 2. The standard InChI is InChI=1S/C41H56FN5O6S/c1-25(15-20-34(43)49)23-53-33-13-10-12-29(36(33)42)11-8-7-9-14-35(50)46-38(41(4,5)6)40(52)47-22-31(48)21-32(47)39(51)45-26(2)28-16-18-30(19-17-28)37-27(3)44-24-54-37/h10,12-13,16-19,24-26,31-32,38,48H,7-9,11,14-15,20-23H2,1-6H3,(H2,43,49)(H,45,51)(H,46,50)/t25-,26-,31+,32-,38+/m0/s1. The fraction of sp³-hybridized carbons (Fsp3) is 0.537. The first-order valence-corrected chi connectivity index (χ1v) is 19.7. The number of carbonyl (C=O) groups is 4. The maximum Gasteiger partial charge on any atom is 0.246 e. The van der Waals surface area contributed by atoms with Crippen LogP contribution >= 0.6 is 11.3 Å². The normalized spacial score (nSPS) is 17.4. The summed E-state index contributed by atoms with van der Waals surface area (Å²) in [5, 5.41) is 16.5. The Morgan fingerprint density at radius 3 is 2.43 bits per heavy atom. The highest BCUT2D eigenvalue weighted by atomic mass is 32.1. The molecule has 11 nitrogen and oxygen atoms in total. The molecule has 1 aromatic heterocycles. The van der Waals surface area contributed by atoms with Gasteiger partial charge in [0.1, 0.15) is 12.1 Å². The molecule has 13 heteroatoms. The van der Waals surface area contributed by atoms with E-state index in [1.54, 1.807) is 29.5 Å². The van der Waals surface area contributed by atoms with Crippen molar-refractivity contribution in [2.75, 3.05) is 13.2 Å². The highest BCUT2D eigenvalue weighted by molar-refractivity contribution is 7.13. The van der Waals surface area contributed by atoms with Crippen LogP contribution in [-0.4, -0.2) is 70.0 Å². The Balaban J connectivity index is 1.27. The van der Waals surface area contributed by atoms with E-state index in [-0.39, 0.29) is 67.8 Å². The largest absolute Gasteiger partial charge is 0.490 e. The average Bonchev–Trinajstić information content (AvgIpc) is 3.74. The number of aromatic nitrogens is 1. The van der Waals surface area contributed by atoms with Gasteiger partial charge in [-0.25, -0.2) is 9.37 Å². The Hall–Kier alpha value is -4.36.